The molecule has 4 heterocycles. The Morgan fingerprint density at radius 1 is 1.33 bits per heavy atom. The number of fused-ring (bicyclic) bond motifs is 3. The SMILES string of the molecule is CN1[C@@H]2CC[C@H]1CC(Nc1cc3[nH]c(C#N)cc3cn1)C2. The Morgan fingerprint density at radius 3 is 2.81 bits per heavy atom. The number of nitrogens with one attached hydrogen (secondary N) is 2. The molecule has 2 bridgehead atoms. The fraction of sp³-hybridized carbons (Fsp3) is 0.500. The van der Waals surface area contributed by atoms with Crippen molar-refractivity contribution in [2.75, 3.05) is 12.4 Å². The lowest BCUT2D eigenvalue weighted by Gasteiger charge is -2.36. The van der Waals surface area contributed by atoms with Gasteiger partial charge in [0.25, 0.3) is 0 Å². The summed E-state index contributed by atoms with van der Waals surface area (Å²) in [5, 5.41) is 13.5. The Kier molecular flexibility index (Phi) is 2.86. The van der Waals surface area contributed by atoms with E-state index in [-0.39, 0.29) is 0 Å². The van der Waals surface area contributed by atoms with Crippen LogP contribution < -0.4 is 5.32 Å². The van der Waals surface area contributed by atoms with Gasteiger partial charge in [-0.1, -0.05) is 0 Å². The maximum absolute atomic E-state index is 8.94. The molecular weight excluding hydrogens is 262 g/mol. The highest BCUT2D eigenvalue weighted by molar-refractivity contribution is 5.82. The average Bonchev–Trinajstić information content (AvgIpc) is 2.96. The third-order valence-electron chi connectivity index (χ3n) is 5.07. The van der Waals surface area contributed by atoms with Gasteiger partial charge >= 0.3 is 0 Å². The number of pyridine rings is 1. The minimum absolute atomic E-state index is 0.508. The molecule has 5 heteroatoms. The highest BCUT2D eigenvalue weighted by Crippen LogP contribution is 2.35. The van der Waals surface area contributed by atoms with Crippen molar-refractivity contribution in [1.29, 1.82) is 5.26 Å². The summed E-state index contributed by atoms with van der Waals surface area (Å²) in [7, 11) is 2.26. The molecular formula is C16H19N5. The van der Waals surface area contributed by atoms with E-state index in [0.29, 0.717) is 11.7 Å². The van der Waals surface area contributed by atoms with Gasteiger partial charge in [-0.25, -0.2) is 4.98 Å². The zero-order valence-electron chi connectivity index (χ0n) is 12.1. The van der Waals surface area contributed by atoms with Crippen molar-refractivity contribution >= 4 is 16.7 Å². The lowest BCUT2D eigenvalue weighted by Crippen LogP contribution is -2.44. The molecule has 0 saturated carbocycles. The van der Waals surface area contributed by atoms with E-state index in [1.54, 1.807) is 0 Å². The molecule has 2 N–H and O–H groups in total. The second-order valence-corrected chi connectivity index (χ2v) is 6.31. The van der Waals surface area contributed by atoms with E-state index < -0.39 is 0 Å². The maximum atomic E-state index is 8.94. The normalized spacial score (nSPS) is 28.7. The first-order chi connectivity index (χ1) is 10.2. The van der Waals surface area contributed by atoms with Gasteiger partial charge in [0.15, 0.2) is 0 Å². The summed E-state index contributed by atoms with van der Waals surface area (Å²) in [6.07, 6.45) is 6.88. The number of H-pyrrole nitrogens is 1. The van der Waals surface area contributed by atoms with Crippen molar-refractivity contribution in [1.82, 2.24) is 14.9 Å². The molecule has 21 heavy (non-hydrogen) atoms. The fourth-order valence-electron chi connectivity index (χ4n) is 3.90. The smallest absolute Gasteiger partial charge is 0.128 e. The number of anilines is 1. The number of rotatable bonds is 2. The molecule has 5 nitrogen and oxygen atoms in total. The van der Waals surface area contributed by atoms with Gasteiger partial charge in [-0.3, -0.25) is 0 Å². The van der Waals surface area contributed by atoms with E-state index in [1.165, 1.54) is 25.7 Å². The first-order valence-corrected chi connectivity index (χ1v) is 7.60. The highest BCUT2D eigenvalue weighted by atomic mass is 15.2. The van der Waals surface area contributed by atoms with Crippen LogP contribution in [0.5, 0.6) is 0 Å². The lowest BCUT2D eigenvalue weighted by molar-refractivity contribution is 0.169. The number of aromatic amines is 1. The van der Waals surface area contributed by atoms with Gasteiger partial charge in [-0.15, -0.1) is 0 Å². The summed E-state index contributed by atoms with van der Waals surface area (Å²) >= 11 is 0. The number of nitriles is 1. The third kappa shape index (κ3) is 2.16. The van der Waals surface area contributed by atoms with Crippen LogP contribution in [0.4, 0.5) is 5.82 Å². The van der Waals surface area contributed by atoms with Crippen molar-refractivity contribution in [2.24, 2.45) is 0 Å². The largest absolute Gasteiger partial charge is 0.367 e. The molecule has 2 saturated heterocycles. The van der Waals surface area contributed by atoms with Crippen LogP contribution in [0.25, 0.3) is 10.9 Å². The average molecular weight is 281 g/mol. The van der Waals surface area contributed by atoms with Gasteiger partial charge in [-0.2, -0.15) is 5.26 Å². The molecule has 2 fully saturated rings. The van der Waals surface area contributed by atoms with E-state index in [4.69, 9.17) is 5.26 Å². The maximum Gasteiger partial charge on any atom is 0.128 e. The van der Waals surface area contributed by atoms with Crippen LogP contribution in [0.1, 0.15) is 31.4 Å². The van der Waals surface area contributed by atoms with E-state index in [0.717, 1.165) is 28.8 Å². The Bertz CT molecular complexity index is 699. The fourth-order valence-corrected chi connectivity index (χ4v) is 3.90. The standard InChI is InChI=1S/C16H19N5/c1-21-13-2-3-14(21)6-11(5-13)20-16-7-15-10(9-18-16)4-12(8-17)19-15/h4,7,9,11,13-14,19H,2-3,5-6H2,1H3,(H,18,20)/t11?,13-,14+. The summed E-state index contributed by atoms with van der Waals surface area (Å²) in [5.41, 5.74) is 1.56. The second-order valence-electron chi connectivity index (χ2n) is 6.31. The number of piperidine rings is 1. The van der Waals surface area contributed by atoms with E-state index >= 15 is 0 Å². The predicted molar refractivity (Wildman–Crippen MR) is 82.0 cm³/mol. The number of aromatic nitrogens is 2. The monoisotopic (exact) mass is 281 g/mol. The Balaban J connectivity index is 1.53. The summed E-state index contributed by atoms with van der Waals surface area (Å²) in [6.45, 7) is 0. The lowest BCUT2D eigenvalue weighted by atomic mass is 9.98. The Labute approximate surface area is 124 Å². The highest BCUT2D eigenvalue weighted by Gasteiger charge is 2.38. The second kappa shape index (κ2) is 4.74. The quantitative estimate of drug-likeness (QED) is 0.887. The topological polar surface area (TPSA) is 67.7 Å². The molecule has 2 aliphatic heterocycles. The molecule has 108 valence electrons. The van der Waals surface area contributed by atoms with Gasteiger partial charge in [-0.05, 0) is 38.8 Å². The molecule has 2 aliphatic rings. The first kappa shape index (κ1) is 12.7. The van der Waals surface area contributed by atoms with Gasteiger partial charge in [0.1, 0.15) is 17.6 Å². The van der Waals surface area contributed by atoms with Gasteiger partial charge in [0, 0.05) is 35.8 Å². The minimum Gasteiger partial charge on any atom is -0.367 e. The third-order valence-corrected chi connectivity index (χ3v) is 5.07. The number of nitrogens with zero attached hydrogens (tertiary/aromatic N) is 3. The van der Waals surface area contributed by atoms with Gasteiger partial charge < -0.3 is 15.2 Å². The molecule has 2 aromatic heterocycles. The molecule has 0 aromatic carbocycles. The molecule has 0 spiro atoms. The Morgan fingerprint density at radius 2 is 2.10 bits per heavy atom. The van der Waals surface area contributed by atoms with Crippen LogP contribution in [0, 0.1) is 11.3 Å². The minimum atomic E-state index is 0.508. The van der Waals surface area contributed by atoms with E-state index in [2.05, 4.69) is 33.3 Å². The molecule has 0 amide bonds. The number of hydrogen-bond acceptors (Lipinski definition) is 4. The first-order valence-electron chi connectivity index (χ1n) is 7.60. The summed E-state index contributed by atoms with van der Waals surface area (Å²) in [6, 6.07) is 7.93. The molecule has 1 unspecified atom stereocenters. The van der Waals surface area contributed by atoms with Crippen molar-refractivity contribution in [3.8, 4) is 6.07 Å². The van der Waals surface area contributed by atoms with Crippen LogP contribution in [0.2, 0.25) is 0 Å². The van der Waals surface area contributed by atoms with E-state index in [9.17, 15) is 0 Å². The van der Waals surface area contributed by atoms with Gasteiger partial charge in [0.05, 0.1) is 5.52 Å². The zero-order valence-corrected chi connectivity index (χ0v) is 12.1. The summed E-state index contributed by atoms with van der Waals surface area (Å²) in [4.78, 5) is 10.1. The molecule has 0 radical (unpaired) electrons. The van der Waals surface area contributed by atoms with Crippen LogP contribution >= 0.6 is 0 Å². The van der Waals surface area contributed by atoms with Crippen LogP contribution in [0.15, 0.2) is 18.3 Å². The zero-order chi connectivity index (χ0) is 14.4. The van der Waals surface area contributed by atoms with Crippen LogP contribution in [0.3, 0.4) is 0 Å². The van der Waals surface area contributed by atoms with Crippen LogP contribution in [-0.2, 0) is 0 Å². The molecule has 4 rings (SSSR count). The molecule has 0 aliphatic carbocycles. The predicted octanol–water partition coefficient (Wildman–Crippen LogP) is 2.47. The Hall–Kier alpha value is -2.06. The van der Waals surface area contributed by atoms with Crippen LogP contribution in [-0.4, -0.2) is 40.0 Å². The summed E-state index contributed by atoms with van der Waals surface area (Å²) in [5.74, 6) is 0.905. The van der Waals surface area contributed by atoms with Crippen molar-refractivity contribution < 1.29 is 0 Å². The van der Waals surface area contributed by atoms with Crippen molar-refractivity contribution in [3.63, 3.8) is 0 Å². The van der Waals surface area contributed by atoms with E-state index in [1.807, 2.05) is 18.3 Å². The molecule has 2 aromatic rings. The summed E-state index contributed by atoms with van der Waals surface area (Å²) < 4.78 is 0. The van der Waals surface area contributed by atoms with Crippen molar-refractivity contribution in [2.45, 2.75) is 43.8 Å². The van der Waals surface area contributed by atoms with Crippen molar-refractivity contribution in [3.05, 3.63) is 24.0 Å². The molecule has 3 atom stereocenters. The number of hydrogen-bond donors (Lipinski definition) is 2. The van der Waals surface area contributed by atoms with Gasteiger partial charge in [0.2, 0.25) is 0 Å².